The second-order valence-electron chi connectivity index (χ2n) is 6.76. The lowest BCUT2D eigenvalue weighted by Crippen LogP contribution is -2.33. The van der Waals surface area contributed by atoms with Gasteiger partial charge in [-0.3, -0.25) is 19.7 Å². The van der Waals surface area contributed by atoms with E-state index in [1.165, 1.54) is 36.9 Å². The molecular formula is C21H25N3O6S. The van der Waals surface area contributed by atoms with E-state index in [9.17, 15) is 24.5 Å². The number of esters is 1. The van der Waals surface area contributed by atoms with Gasteiger partial charge in [-0.15, -0.1) is 11.8 Å². The van der Waals surface area contributed by atoms with E-state index in [0.29, 0.717) is 40.6 Å². The molecule has 9 nitrogen and oxygen atoms in total. The first-order valence-electron chi connectivity index (χ1n) is 9.65. The minimum absolute atomic E-state index is 0.135. The molecule has 166 valence electrons. The molecule has 1 atom stereocenters. The third-order valence-corrected chi connectivity index (χ3v) is 6.04. The van der Waals surface area contributed by atoms with Gasteiger partial charge < -0.3 is 15.0 Å². The average Bonchev–Trinajstić information content (AvgIpc) is 2.73. The van der Waals surface area contributed by atoms with Crippen molar-refractivity contribution in [3.8, 4) is 0 Å². The summed E-state index contributed by atoms with van der Waals surface area (Å²) in [6, 6.07) is 5.93. The van der Waals surface area contributed by atoms with Crippen molar-refractivity contribution < 1.29 is 24.0 Å². The summed E-state index contributed by atoms with van der Waals surface area (Å²) in [5.74, 6) is -1.17. The number of thioether (sulfide) groups is 1. The van der Waals surface area contributed by atoms with Crippen LogP contribution in [-0.4, -0.2) is 53.9 Å². The number of ether oxygens (including phenoxy) is 1. The fourth-order valence-corrected chi connectivity index (χ4v) is 4.55. The van der Waals surface area contributed by atoms with E-state index in [1.54, 1.807) is 31.9 Å². The summed E-state index contributed by atoms with van der Waals surface area (Å²) in [6.07, 6.45) is 0.594. The van der Waals surface area contributed by atoms with Crippen LogP contribution in [0.5, 0.6) is 0 Å². The van der Waals surface area contributed by atoms with Gasteiger partial charge in [-0.2, -0.15) is 0 Å². The van der Waals surface area contributed by atoms with E-state index in [1.807, 2.05) is 0 Å². The summed E-state index contributed by atoms with van der Waals surface area (Å²) < 4.78 is 5.30. The molecule has 0 aliphatic carbocycles. The van der Waals surface area contributed by atoms with Crippen LogP contribution in [0, 0.1) is 10.1 Å². The maximum absolute atomic E-state index is 13.1. The summed E-state index contributed by atoms with van der Waals surface area (Å²) in [5.41, 5.74) is 1.59. The lowest BCUT2D eigenvalue weighted by atomic mass is 9.80. The first kappa shape index (κ1) is 24.1. The fraction of sp³-hybridized carbons (Fsp3) is 0.381. The number of carbonyl (C=O) groups is 3. The van der Waals surface area contributed by atoms with Gasteiger partial charge in [0, 0.05) is 48.7 Å². The van der Waals surface area contributed by atoms with Crippen LogP contribution >= 0.6 is 11.8 Å². The SMILES string of the molecule is CCOC(=O)C1=C(SCCNC=O)N(C)C(C)=C(C(C)=O)C1c1cccc([N+](=O)[O-])c1. The number of allylic oxidation sites excluding steroid dienone is 2. The Labute approximate surface area is 184 Å². The Kier molecular flexibility index (Phi) is 8.38. The largest absolute Gasteiger partial charge is 0.463 e. The van der Waals surface area contributed by atoms with Gasteiger partial charge in [0.05, 0.1) is 22.1 Å². The number of benzene rings is 1. The molecule has 0 aromatic heterocycles. The molecule has 0 saturated heterocycles. The highest BCUT2D eigenvalue weighted by Crippen LogP contribution is 2.45. The Balaban J connectivity index is 2.72. The van der Waals surface area contributed by atoms with Gasteiger partial charge in [0.2, 0.25) is 6.41 Å². The molecule has 10 heteroatoms. The quantitative estimate of drug-likeness (QED) is 0.191. The lowest BCUT2D eigenvalue weighted by Gasteiger charge is -2.36. The molecule has 1 aromatic rings. The Morgan fingerprint density at radius 2 is 2.06 bits per heavy atom. The summed E-state index contributed by atoms with van der Waals surface area (Å²) in [7, 11) is 1.75. The normalized spacial score (nSPS) is 16.3. The molecule has 1 heterocycles. The van der Waals surface area contributed by atoms with Crippen molar-refractivity contribution in [1.82, 2.24) is 10.2 Å². The number of nitro groups is 1. The predicted octanol–water partition coefficient (Wildman–Crippen LogP) is 2.74. The highest BCUT2D eigenvalue weighted by atomic mass is 32.2. The Hall–Kier alpha value is -3.14. The van der Waals surface area contributed by atoms with E-state index in [-0.39, 0.29) is 23.7 Å². The van der Waals surface area contributed by atoms with Crippen LogP contribution in [0.4, 0.5) is 5.69 Å². The molecule has 1 aliphatic heterocycles. The zero-order valence-electron chi connectivity index (χ0n) is 17.8. The van der Waals surface area contributed by atoms with Gasteiger partial charge in [-0.1, -0.05) is 12.1 Å². The molecule has 0 fully saturated rings. The van der Waals surface area contributed by atoms with Crippen LogP contribution in [0.15, 0.2) is 46.1 Å². The smallest absolute Gasteiger partial charge is 0.337 e. The van der Waals surface area contributed by atoms with Crippen LogP contribution < -0.4 is 5.32 Å². The predicted molar refractivity (Wildman–Crippen MR) is 117 cm³/mol. The second-order valence-corrected chi connectivity index (χ2v) is 7.84. The summed E-state index contributed by atoms with van der Waals surface area (Å²) in [4.78, 5) is 48.8. The number of ketones is 1. The van der Waals surface area contributed by atoms with E-state index in [0.717, 1.165) is 0 Å². The van der Waals surface area contributed by atoms with Crippen LogP contribution in [0.2, 0.25) is 0 Å². The fourth-order valence-electron chi connectivity index (χ4n) is 3.45. The third-order valence-electron chi connectivity index (χ3n) is 4.86. The second kappa shape index (κ2) is 10.8. The van der Waals surface area contributed by atoms with E-state index < -0.39 is 16.8 Å². The van der Waals surface area contributed by atoms with Crippen molar-refractivity contribution in [2.24, 2.45) is 0 Å². The number of hydrogen-bond donors (Lipinski definition) is 1. The van der Waals surface area contributed by atoms with Crippen molar-refractivity contribution in [3.05, 3.63) is 61.8 Å². The molecular weight excluding hydrogens is 422 g/mol. The minimum Gasteiger partial charge on any atom is -0.463 e. The molecule has 0 radical (unpaired) electrons. The number of nitro benzene ring substituents is 1. The highest BCUT2D eigenvalue weighted by Gasteiger charge is 2.39. The molecule has 2 rings (SSSR count). The number of Topliss-reactive ketones (excluding diaryl/α,β-unsaturated/α-hetero) is 1. The molecule has 0 saturated carbocycles. The van der Waals surface area contributed by atoms with Crippen molar-refractivity contribution in [1.29, 1.82) is 0 Å². The number of rotatable bonds is 10. The van der Waals surface area contributed by atoms with Crippen LogP contribution in [0.1, 0.15) is 32.3 Å². The highest BCUT2D eigenvalue weighted by molar-refractivity contribution is 8.03. The molecule has 1 N–H and O–H groups in total. The van der Waals surface area contributed by atoms with E-state index >= 15 is 0 Å². The van der Waals surface area contributed by atoms with Crippen LogP contribution in [0.25, 0.3) is 0 Å². The van der Waals surface area contributed by atoms with Gasteiger partial charge in [0.25, 0.3) is 5.69 Å². The molecule has 1 unspecified atom stereocenters. The number of hydrogen-bond acceptors (Lipinski definition) is 8. The van der Waals surface area contributed by atoms with Crippen LogP contribution in [0.3, 0.4) is 0 Å². The van der Waals surface area contributed by atoms with Gasteiger partial charge in [0.1, 0.15) is 0 Å². The Morgan fingerprint density at radius 1 is 1.35 bits per heavy atom. The van der Waals surface area contributed by atoms with Gasteiger partial charge in [-0.25, -0.2) is 4.79 Å². The van der Waals surface area contributed by atoms with E-state index in [4.69, 9.17) is 4.74 Å². The maximum Gasteiger partial charge on any atom is 0.337 e. The number of non-ortho nitro benzene ring substituents is 1. The molecule has 31 heavy (non-hydrogen) atoms. The van der Waals surface area contributed by atoms with Gasteiger partial charge in [-0.05, 0) is 26.3 Å². The Bertz CT molecular complexity index is 956. The Morgan fingerprint density at radius 3 is 2.65 bits per heavy atom. The number of amides is 1. The summed E-state index contributed by atoms with van der Waals surface area (Å²) >= 11 is 1.34. The number of nitrogens with zero attached hydrogens (tertiary/aromatic N) is 2. The summed E-state index contributed by atoms with van der Waals surface area (Å²) in [5, 5.41) is 14.5. The maximum atomic E-state index is 13.1. The first-order valence-corrected chi connectivity index (χ1v) is 10.6. The van der Waals surface area contributed by atoms with Crippen molar-refractivity contribution in [3.63, 3.8) is 0 Å². The van der Waals surface area contributed by atoms with Crippen molar-refractivity contribution >= 4 is 35.6 Å². The number of carbonyl (C=O) groups excluding carboxylic acids is 3. The molecule has 1 aliphatic rings. The zero-order chi connectivity index (χ0) is 23.1. The van der Waals surface area contributed by atoms with Crippen molar-refractivity contribution in [2.75, 3.05) is 26.0 Å². The standard InChI is InChI=1S/C21H25N3O6S/c1-5-30-21(27)19-18(15-7-6-8-16(11-15)24(28)29)17(14(3)26)13(2)23(4)20(19)31-10-9-22-12-25/h6-8,11-12,18H,5,9-10H2,1-4H3,(H,22,25). The molecule has 0 spiro atoms. The summed E-state index contributed by atoms with van der Waals surface area (Å²) in [6.45, 7) is 5.38. The monoisotopic (exact) mass is 447 g/mol. The third kappa shape index (κ3) is 5.32. The number of nitrogens with one attached hydrogen (secondary N) is 1. The first-order chi connectivity index (χ1) is 14.7. The molecule has 1 amide bonds. The lowest BCUT2D eigenvalue weighted by molar-refractivity contribution is -0.384. The minimum atomic E-state index is -0.811. The molecule has 1 aromatic carbocycles. The molecule has 0 bridgehead atoms. The average molecular weight is 448 g/mol. The topological polar surface area (TPSA) is 119 Å². The van der Waals surface area contributed by atoms with E-state index in [2.05, 4.69) is 5.32 Å². The zero-order valence-corrected chi connectivity index (χ0v) is 18.7. The van der Waals surface area contributed by atoms with Crippen molar-refractivity contribution in [2.45, 2.75) is 26.7 Å². The van der Waals surface area contributed by atoms with Crippen LogP contribution in [-0.2, 0) is 19.1 Å². The van der Waals surface area contributed by atoms with Gasteiger partial charge >= 0.3 is 5.97 Å². The van der Waals surface area contributed by atoms with Gasteiger partial charge in [0.15, 0.2) is 5.78 Å².